The van der Waals surface area contributed by atoms with E-state index in [0.717, 1.165) is 36.4 Å². The molecule has 0 aliphatic heterocycles. The Bertz CT molecular complexity index is 995. The van der Waals surface area contributed by atoms with E-state index >= 15 is 0 Å². The summed E-state index contributed by atoms with van der Waals surface area (Å²) in [6.07, 6.45) is 8.74. The molecule has 0 spiro atoms. The van der Waals surface area contributed by atoms with Gasteiger partial charge in [0, 0.05) is 18.9 Å². The highest BCUT2D eigenvalue weighted by Crippen LogP contribution is 2.17. The van der Waals surface area contributed by atoms with Crippen LogP contribution in [0, 0.1) is 0 Å². The summed E-state index contributed by atoms with van der Waals surface area (Å²) < 4.78 is 2.01. The second kappa shape index (κ2) is 6.64. The van der Waals surface area contributed by atoms with E-state index in [2.05, 4.69) is 31.0 Å². The van der Waals surface area contributed by atoms with Crippen molar-refractivity contribution in [3.63, 3.8) is 0 Å². The van der Waals surface area contributed by atoms with Crippen molar-refractivity contribution in [1.29, 1.82) is 0 Å². The van der Waals surface area contributed by atoms with Gasteiger partial charge in [-0.2, -0.15) is 0 Å². The number of fused-ring (bicyclic) bond motifs is 1. The summed E-state index contributed by atoms with van der Waals surface area (Å²) in [5.41, 5.74) is 10.3. The van der Waals surface area contributed by atoms with Gasteiger partial charge in [0.05, 0.1) is 17.7 Å². The van der Waals surface area contributed by atoms with E-state index in [-0.39, 0.29) is 0 Å². The number of aryl methyl sites for hydroxylation is 2. The van der Waals surface area contributed by atoms with Gasteiger partial charge in [0.15, 0.2) is 11.5 Å². The normalized spacial score (nSPS) is 11.0. The van der Waals surface area contributed by atoms with Crippen molar-refractivity contribution in [3.8, 4) is 11.4 Å². The molecule has 7 nitrogen and oxygen atoms in total. The van der Waals surface area contributed by atoms with Crippen LogP contribution in [0.2, 0.25) is 0 Å². The fraction of sp³-hybridized carbons (Fsp3) is 0.167. The summed E-state index contributed by atoms with van der Waals surface area (Å²) >= 11 is 0. The Labute approximate surface area is 144 Å². The standard InChI is InChI=1S/C18H17N7/c19-17-16-18(23-11-22-17)25(12-24-16)9-3-4-13-6-8-21-15(10-13)14-5-1-2-7-20-14/h1-2,5-8,10-12H,3-4,9H2,(H2,19,22,23). The number of nitrogens with two attached hydrogens (primary N) is 1. The summed E-state index contributed by atoms with van der Waals surface area (Å²) in [5, 5.41) is 0. The average molecular weight is 331 g/mol. The van der Waals surface area contributed by atoms with Crippen molar-refractivity contribution in [2.24, 2.45) is 0 Å². The van der Waals surface area contributed by atoms with Crippen LogP contribution in [0.15, 0.2) is 55.4 Å². The lowest BCUT2D eigenvalue weighted by molar-refractivity contribution is 0.652. The Kier molecular flexibility index (Phi) is 4.04. The molecule has 0 saturated heterocycles. The summed E-state index contributed by atoms with van der Waals surface area (Å²) in [6, 6.07) is 9.97. The number of rotatable bonds is 5. The molecule has 4 aromatic rings. The van der Waals surface area contributed by atoms with E-state index in [1.54, 1.807) is 12.5 Å². The summed E-state index contributed by atoms with van der Waals surface area (Å²) in [7, 11) is 0. The molecule has 4 heterocycles. The first-order valence-corrected chi connectivity index (χ1v) is 8.09. The molecule has 0 saturated carbocycles. The highest BCUT2D eigenvalue weighted by Gasteiger charge is 2.07. The zero-order valence-corrected chi connectivity index (χ0v) is 13.6. The Balaban J connectivity index is 1.46. The number of hydrogen-bond donors (Lipinski definition) is 1. The Morgan fingerprint density at radius 2 is 1.84 bits per heavy atom. The summed E-state index contributed by atoms with van der Waals surface area (Å²) in [5.74, 6) is 0.415. The fourth-order valence-electron chi connectivity index (χ4n) is 2.80. The molecule has 4 aromatic heterocycles. The number of hydrogen-bond acceptors (Lipinski definition) is 6. The van der Waals surface area contributed by atoms with Gasteiger partial charge in [0.1, 0.15) is 11.8 Å². The molecular weight excluding hydrogens is 314 g/mol. The first-order chi connectivity index (χ1) is 12.3. The molecule has 124 valence electrons. The third kappa shape index (κ3) is 3.16. The number of nitrogen functional groups attached to an aromatic ring is 1. The maximum absolute atomic E-state index is 5.82. The van der Waals surface area contributed by atoms with E-state index < -0.39 is 0 Å². The quantitative estimate of drug-likeness (QED) is 0.603. The fourth-order valence-corrected chi connectivity index (χ4v) is 2.80. The number of aromatic nitrogens is 6. The molecule has 0 radical (unpaired) electrons. The van der Waals surface area contributed by atoms with Gasteiger partial charge in [-0.3, -0.25) is 9.97 Å². The minimum Gasteiger partial charge on any atom is -0.382 e. The van der Waals surface area contributed by atoms with Crippen LogP contribution in [0.5, 0.6) is 0 Å². The van der Waals surface area contributed by atoms with Gasteiger partial charge < -0.3 is 10.3 Å². The van der Waals surface area contributed by atoms with E-state index in [0.29, 0.717) is 11.3 Å². The largest absolute Gasteiger partial charge is 0.382 e. The number of pyridine rings is 2. The van der Waals surface area contributed by atoms with Crippen molar-refractivity contribution in [1.82, 2.24) is 29.5 Å². The van der Waals surface area contributed by atoms with Crippen LogP contribution >= 0.6 is 0 Å². The van der Waals surface area contributed by atoms with Crippen LogP contribution in [0.1, 0.15) is 12.0 Å². The first kappa shape index (κ1) is 15.2. The maximum atomic E-state index is 5.82. The van der Waals surface area contributed by atoms with E-state index in [1.165, 1.54) is 11.9 Å². The van der Waals surface area contributed by atoms with Gasteiger partial charge in [-0.15, -0.1) is 0 Å². The van der Waals surface area contributed by atoms with Gasteiger partial charge >= 0.3 is 0 Å². The van der Waals surface area contributed by atoms with E-state index in [4.69, 9.17) is 5.73 Å². The Hall–Kier alpha value is -3.35. The average Bonchev–Trinajstić information content (AvgIpc) is 3.07. The zero-order chi connectivity index (χ0) is 17.1. The van der Waals surface area contributed by atoms with Gasteiger partial charge in [-0.1, -0.05) is 6.07 Å². The van der Waals surface area contributed by atoms with Crippen molar-refractivity contribution in [2.45, 2.75) is 19.4 Å². The number of anilines is 1. The van der Waals surface area contributed by atoms with Crippen LogP contribution in [0.3, 0.4) is 0 Å². The predicted molar refractivity (Wildman–Crippen MR) is 95.5 cm³/mol. The second-order valence-corrected chi connectivity index (χ2v) is 5.74. The molecule has 0 bridgehead atoms. The molecule has 4 rings (SSSR count). The monoisotopic (exact) mass is 331 g/mol. The number of imidazole rings is 1. The maximum Gasteiger partial charge on any atom is 0.165 e. The molecule has 0 amide bonds. The lowest BCUT2D eigenvalue weighted by Gasteiger charge is -2.06. The highest BCUT2D eigenvalue weighted by atomic mass is 15.1. The highest BCUT2D eigenvalue weighted by molar-refractivity contribution is 5.81. The van der Waals surface area contributed by atoms with E-state index in [1.807, 2.05) is 35.0 Å². The van der Waals surface area contributed by atoms with Crippen LogP contribution in [-0.2, 0) is 13.0 Å². The van der Waals surface area contributed by atoms with Crippen LogP contribution < -0.4 is 5.73 Å². The molecule has 0 fully saturated rings. The Morgan fingerprint density at radius 1 is 0.920 bits per heavy atom. The molecule has 0 atom stereocenters. The smallest absolute Gasteiger partial charge is 0.165 e. The van der Waals surface area contributed by atoms with Crippen molar-refractivity contribution in [2.75, 3.05) is 5.73 Å². The minimum atomic E-state index is 0.415. The second-order valence-electron chi connectivity index (χ2n) is 5.74. The van der Waals surface area contributed by atoms with Crippen LogP contribution in [-0.4, -0.2) is 29.5 Å². The number of nitrogens with zero attached hydrogens (tertiary/aromatic N) is 6. The third-order valence-corrected chi connectivity index (χ3v) is 4.05. The van der Waals surface area contributed by atoms with Gasteiger partial charge in [-0.05, 0) is 42.7 Å². The van der Waals surface area contributed by atoms with Gasteiger partial charge in [0.2, 0.25) is 0 Å². The molecule has 25 heavy (non-hydrogen) atoms. The SMILES string of the molecule is Nc1ncnc2c1ncn2CCCc1ccnc(-c2ccccn2)c1. The third-order valence-electron chi connectivity index (χ3n) is 4.05. The van der Waals surface area contributed by atoms with E-state index in [9.17, 15) is 0 Å². The topological polar surface area (TPSA) is 95.4 Å². The molecular formula is C18H17N7. The van der Waals surface area contributed by atoms with Crippen molar-refractivity contribution in [3.05, 3.63) is 60.9 Å². The molecule has 0 aromatic carbocycles. The zero-order valence-electron chi connectivity index (χ0n) is 13.6. The molecule has 0 aliphatic rings. The van der Waals surface area contributed by atoms with Gasteiger partial charge in [0.25, 0.3) is 0 Å². The molecule has 7 heteroatoms. The first-order valence-electron chi connectivity index (χ1n) is 8.09. The van der Waals surface area contributed by atoms with Gasteiger partial charge in [-0.25, -0.2) is 15.0 Å². The molecule has 0 aliphatic carbocycles. The lowest BCUT2D eigenvalue weighted by Crippen LogP contribution is -2.01. The summed E-state index contributed by atoms with van der Waals surface area (Å²) in [4.78, 5) is 21.3. The van der Waals surface area contributed by atoms with Crippen molar-refractivity contribution < 1.29 is 0 Å². The molecule has 2 N–H and O–H groups in total. The van der Waals surface area contributed by atoms with Crippen LogP contribution in [0.25, 0.3) is 22.6 Å². The minimum absolute atomic E-state index is 0.415. The lowest BCUT2D eigenvalue weighted by atomic mass is 10.1. The predicted octanol–water partition coefficient (Wildman–Crippen LogP) is 2.50. The van der Waals surface area contributed by atoms with Crippen molar-refractivity contribution >= 4 is 17.0 Å². The van der Waals surface area contributed by atoms with Crippen LogP contribution in [0.4, 0.5) is 5.82 Å². The Morgan fingerprint density at radius 3 is 2.72 bits per heavy atom. The summed E-state index contributed by atoms with van der Waals surface area (Å²) in [6.45, 7) is 0.814. The molecule has 0 unspecified atom stereocenters.